The molecule has 0 aromatic heterocycles. The zero-order valence-corrected chi connectivity index (χ0v) is 15.1. The lowest BCUT2D eigenvalue weighted by atomic mass is 10.0. The lowest BCUT2D eigenvalue weighted by Gasteiger charge is -2.15. The molecule has 2 aromatic rings. The van der Waals surface area contributed by atoms with Gasteiger partial charge in [-0.3, -0.25) is 0 Å². The van der Waals surface area contributed by atoms with Gasteiger partial charge in [0.25, 0.3) is 0 Å². The monoisotopic (exact) mass is 342 g/mol. The summed E-state index contributed by atoms with van der Waals surface area (Å²) in [4.78, 5) is 12.1. The Balaban J connectivity index is 1.81. The van der Waals surface area contributed by atoms with Crippen LogP contribution in [0.1, 0.15) is 25.0 Å². The Labute approximate surface area is 149 Å². The van der Waals surface area contributed by atoms with Gasteiger partial charge in [-0.2, -0.15) is 0 Å². The summed E-state index contributed by atoms with van der Waals surface area (Å²) in [5.41, 5.74) is 3.20. The summed E-state index contributed by atoms with van der Waals surface area (Å²) in [6.07, 6.45) is 1.76. The number of carbonyl (C=O) groups is 1. The van der Waals surface area contributed by atoms with E-state index >= 15 is 0 Å². The van der Waals surface area contributed by atoms with E-state index in [9.17, 15) is 4.79 Å². The smallest absolute Gasteiger partial charge is 0.319 e. The van der Waals surface area contributed by atoms with Gasteiger partial charge >= 0.3 is 6.03 Å². The molecule has 0 fully saturated rings. The fourth-order valence-electron chi connectivity index (χ4n) is 2.57. The second-order valence-corrected chi connectivity index (χ2v) is 5.56. The number of urea groups is 1. The van der Waals surface area contributed by atoms with Gasteiger partial charge in [0.1, 0.15) is 18.1 Å². The van der Waals surface area contributed by atoms with E-state index in [0.29, 0.717) is 13.2 Å². The van der Waals surface area contributed by atoms with Crippen molar-refractivity contribution in [3.8, 4) is 11.5 Å². The van der Waals surface area contributed by atoms with Crippen LogP contribution in [0.2, 0.25) is 0 Å². The third kappa shape index (κ3) is 5.41. The van der Waals surface area contributed by atoms with Gasteiger partial charge in [-0.05, 0) is 48.2 Å². The van der Waals surface area contributed by atoms with Gasteiger partial charge in [-0.15, -0.1) is 0 Å². The van der Waals surface area contributed by atoms with Gasteiger partial charge in [0, 0.05) is 5.69 Å². The summed E-state index contributed by atoms with van der Waals surface area (Å²) in [7, 11) is 1.62. The quantitative estimate of drug-likeness (QED) is 0.712. The number of hydrogen-bond donors (Lipinski definition) is 2. The predicted octanol–water partition coefficient (Wildman–Crippen LogP) is 4.02. The van der Waals surface area contributed by atoms with Crippen molar-refractivity contribution in [2.45, 2.75) is 26.7 Å². The highest BCUT2D eigenvalue weighted by Gasteiger charge is 2.09. The zero-order valence-electron chi connectivity index (χ0n) is 15.1. The van der Waals surface area contributed by atoms with Gasteiger partial charge < -0.3 is 20.1 Å². The molecule has 0 aliphatic heterocycles. The molecule has 0 aliphatic rings. The predicted molar refractivity (Wildman–Crippen MR) is 101 cm³/mol. The molecule has 0 unspecified atom stereocenters. The van der Waals surface area contributed by atoms with E-state index in [1.807, 2.05) is 42.5 Å². The van der Waals surface area contributed by atoms with Gasteiger partial charge in [-0.25, -0.2) is 4.79 Å². The molecule has 0 aliphatic carbocycles. The lowest BCUT2D eigenvalue weighted by molar-refractivity contribution is 0.247. The average Bonchev–Trinajstić information content (AvgIpc) is 2.65. The van der Waals surface area contributed by atoms with Gasteiger partial charge in [0.15, 0.2) is 0 Å². The fraction of sp³-hybridized carbons (Fsp3) is 0.350. The van der Waals surface area contributed by atoms with E-state index in [2.05, 4.69) is 24.5 Å². The number of carbonyl (C=O) groups excluding carboxylic acids is 1. The molecule has 2 amide bonds. The highest BCUT2D eigenvalue weighted by molar-refractivity contribution is 5.91. The number of benzene rings is 2. The number of rotatable bonds is 8. The molecular weight excluding hydrogens is 316 g/mol. The molecule has 134 valence electrons. The number of nitrogens with one attached hydrogen (secondary N) is 2. The summed E-state index contributed by atoms with van der Waals surface area (Å²) in [6.45, 7) is 4.99. The van der Waals surface area contributed by atoms with Crippen molar-refractivity contribution >= 4 is 11.7 Å². The number of anilines is 1. The van der Waals surface area contributed by atoms with Crippen molar-refractivity contribution in [1.29, 1.82) is 0 Å². The van der Waals surface area contributed by atoms with Crippen molar-refractivity contribution in [2.75, 3.05) is 25.6 Å². The average molecular weight is 342 g/mol. The van der Waals surface area contributed by atoms with Gasteiger partial charge in [0.05, 0.1) is 13.7 Å². The minimum atomic E-state index is -0.214. The number of hydrogen-bond acceptors (Lipinski definition) is 3. The van der Waals surface area contributed by atoms with Crippen molar-refractivity contribution in [1.82, 2.24) is 5.32 Å². The third-order valence-corrected chi connectivity index (χ3v) is 3.95. The Morgan fingerprint density at radius 1 is 0.960 bits per heavy atom. The van der Waals surface area contributed by atoms with Crippen LogP contribution in [0.15, 0.2) is 42.5 Å². The number of aryl methyl sites for hydroxylation is 2. The summed E-state index contributed by atoms with van der Waals surface area (Å²) in [6, 6.07) is 13.3. The normalized spacial score (nSPS) is 10.2. The van der Waals surface area contributed by atoms with Crippen LogP contribution in [0, 0.1) is 0 Å². The molecule has 2 N–H and O–H groups in total. The van der Waals surface area contributed by atoms with Crippen molar-refractivity contribution in [3.05, 3.63) is 53.6 Å². The summed E-state index contributed by atoms with van der Waals surface area (Å²) >= 11 is 0. The minimum Gasteiger partial charge on any atom is -0.497 e. The summed E-state index contributed by atoms with van der Waals surface area (Å²) in [5.74, 6) is 1.53. The Bertz CT molecular complexity index is 662. The van der Waals surface area contributed by atoms with Crippen LogP contribution < -0.4 is 20.1 Å². The van der Waals surface area contributed by atoms with E-state index in [1.54, 1.807) is 7.11 Å². The first kappa shape index (κ1) is 18.6. The Morgan fingerprint density at radius 2 is 1.56 bits per heavy atom. The van der Waals surface area contributed by atoms with E-state index in [1.165, 1.54) is 0 Å². The molecule has 0 heterocycles. The standard InChI is InChI=1S/C20H26N2O3/c1-4-15-7-6-8-16(5-2)19(15)22-20(23)21-13-14-25-18-11-9-17(24-3)10-12-18/h6-12H,4-5,13-14H2,1-3H3,(H2,21,22,23). The molecular formula is C20H26N2O3. The van der Waals surface area contributed by atoms with Crippen molar-refractivity contribution in [2.24, 2.45) is 0 Å². The van der Waals surface area contributed by atoms with Crippen LogP contribution in [-0.2, 0) is 12.8 Å². The van der Waals surface area contributed by atoms with Gasteiger partial charge in [0.2, 0.25) is 0 Å². The Hall–Kier alpha value is -2.69. The van der Waals surface area contributed by atoms with Crippen LogP contribution in [0.5, 0.6) is 11.5 Å². The van der Waals surface area contributed by atoms with Crippen LogP contribution in [0.25, 0.3) is 0 Å². The van der Waals surface area contributed by atoms with E-state index in [0.717, 1.165) is 41.2 Å². The zero-order chi connectivity index (χ0) is 18.1. The number of ether oxygens (including phenoxy) is 2. The third-order valence-electron chi connectivity index (χ3n) is 3.95. The summed E-state index contributed by atoms with van der Waals surface area (Å²) < 4.78 is 10.7. The lowest BCUT2D eigenvalue weighted by Crippen LogP contribution is -2.32. The number of para-hydroxylation sites is 1. The number of methoxy groups -OCH3 is 1. The molecule has 5 heteroatoms. The molecule has 0 saturated carbocycles. The van der Waals surface area contributed by atoms with E-state index in [4.69, 9.17) is 9.47 Å². The minimum absolute atomic E-state index is 0.214. The second-order valence-electron chi connectivity index (χ2n) is 5.56. The second kappa shape index (κ2) is 9.57. The Morgan fingerprint density at radius 3 is 2.12 bits per heavy atom. The van der Waals surface area contributed by atoms with Crippen molar-refractivity contribution in [3.63, 3.8) is 0 Å². The fourth-order valence-corrected chi connectivity index (χ4v) is 2.57. The highest BCUT2D eigenvalue weighted by Crippen LogP contribution is 2.22. The molecule has 0 atom stereocenters. The molecule has 2 rings (SSSR count). The van der Waals surface area contributed by atoms with Crippen LogP contribution in [-0.4, -0.2) is 26.3 Å². The van der Waals surface area contributed by atoms with Gasteiger partial charge in [-0.1, -0.05) is 32.0 Å². The van der Waals surface area contributed by atoms with Crippen LogP contribution >= 0.6 is 0 Å². The maximum atomic E-state index is 12.1. The topological polar surface area (TPSA) is 59.6 Å². The molecule has 0 bridgehead atoms. The van der Waals surface area contributed by atoms with E-state index in [-0.39, 0.29) is 6.03 Å². The molecule has 0 radical (unpaired) electrons. The first-order valence-corrected chi connectivity index (χ1v) is 8.60. The largest absolute Gasteiger partial charge is 0.497 e. The van der Waals surface area contributed by atoms with Crippen molar-refractivity contribution < 1.29 is 14.3 Å². The molecule has 5 nitrogen and oxygen atoms in total. The highest BCUT2D eigenvalue weighted by atomic mass is 16.5. The van der Waals surface area contributed by atoms with E-state index < -0.39 is 0 Å². The molecule has 0 spiro atoms. The summed E-state index contributed by atoms with van der Waals surface area (Å²) in [5, 5.41) is 5.80. The maximum absolute atomic E-state index is 12.1. The maximum Gasteiger partial charge on any atom is 0.319 e. The van der Waals surface area contributed by atoms with Crippen LogP contribution in [0.3, 0.4) is 0 Å². The first-order chi connectivity index (χ1) is 12.2. The van der Waals surface area contributed by atoms with Crippen LogP contribution in [0.4, 0.5) is 10.5 Å². The SMILES string of the molecule is CCc1cccc(CC)c1NC(=O)NCCOc1ccc(OC)cc1. The molecule has 0 saturated heterocycles. The Kier molecular flexibility index (Phi) is 7.14. The molecule has 2 aromatic carbocycles. The number of amides is 2. The first-order valence-electron chi connectivity index (χ1n) is 8.60. The molecule has 25 heavy (non-hydrogen) atoms.